The fourth-order valence-electron chi connectivity index (χ4n) is 2.12. The zero-order valence-corrected chi connectivity index (χ0v) is 11.9. The number of hydrogen-bond donors (Lipinski definition) is 1. The molecule has 0 spiro atoms. The maximum Gasteiger partial charge on any atom is 0.135 e. The first-order chi connectivity index (χ1) is 8.22. The Morgan fingerprint density at radius 1 is 1.41 bits per heavy atom. The molecule has 0 radical (unpaired) electrons. The molecular formula is C14H24O2S. The molecule has 0 aliphatic carbocycles. The fourth-order valence-corrected chi connectivity index (χ4v) is 2.98. The monoisotopic (exact) mass is 256 g/mol. The van der Waals surface area contributed by atoms with Crippen LogP contribution >= 0.6 is 11.3 Å². The standard InChI is InChI=1S/C14H24O2S/c1-4-6-7-11(5-2)10-12(15)14-13(16-3)8-9-17-14/h8-9,11-12,15H,4-7,10H2,1-3H3. The smallest absolute Gasteiger partial charge is 0.135 e. The first kappa shape index (κ1) is 14.5. The number of rotatable bonds is 8. The lowest BCUT2D eigenvalue weighted by Crippen LogP contribution is -2.06. The van der Waals surface area contributed by atoms with E-state index in [1.165, 1.54) is 19.3 Å². The first-order valence-electron chi connectivity index (χ1n) is 6.52. The summed E-state index contributed by atoms with van der Waals surface area (Å²) in [6.45, 7) is 4.42. The number of ether oxygens (including phenoxy) is 1. The normalized spacial score (nSPS) is 14.6. The van der Waals surface area contributed by atoms with Gasteiger partial charge in [0.15, 0.2) is 0 Å². The molecule has 1 heterocycles. The number of aliphatic hydroxyl groups is 1. The van der Waals surface area contributed by atoms with Gasteiger partial charge in [0.2, 0.25) is 0 Å². The van der Waals surface area contributed by atoms with Gasteiger partial charge in [0, 0.05) is 0 Å². The van der Waals surface area contributed by atoms with Crippen LogP contribution in [0, 0.1) is 5.92 Å². The summed E-state index contributed by atoms with van der Waals surface area (Å²) in [5.74, 6) is 1.45. The summed E-state index contributed by atoms with van der Waals surface area (Å²) >= 11 is 1.58. The van der Waals surface area contributed by atoms with Gasteiger partial charge in [0.1, 0.15) is 5.75 Å². The number of aliphatic hydroxyl groups excluding tert-OH is 1. The zero-order valence-electron chi connectivity index (χ0n) is 11.1. The fraction of sp³-hybridized carbons (Fsp3) is 0.714. The molecule has 0 bridgehead atoms. The Balaban J connectivity index is 2.54. The Bertz CT molecular complexity index is 309. The predicted octanol–water partition coefficient (Wildman–Crippen LogP) is 4.40. The molecular weight excluding hydrogens is 232 g/mol. The van der Waals surface area contributed by atoms with Crippen LogP contribution < -0.4 is 4.74 Å². The third-order valence-electron chi connectivity index (χ3n) is 3.28. The van der Waals surface area contributed by atoms with Crippen LogP contribution in [0.3, 0.4) is 0 Å². The van der Waals surface area contributed by atoms with Crippen molar-refractivity contribution in [1.29, 1.82) is 0 Å². The highest BCUT2D eigenvalue weighted by Gasteiger charge is 2.18. The average Bonchev–Trinajstić information content (AvgIpc) is 2.82. The second kappa shape index (κ2) is 7.72. The van der Waals surface area contributed by atoms with Crippen LogP contribution in [0.25, 0.3) is 0 Å². The molecule has 1 aromatic heterocycles. The lowest BCUT2D eigenvalue weighted by molar-refractivity contribution is 0.139. The molecule has 2 nitrogen and oxygen atoms in total. The molecule has 1 N–H and O–H groups in total. The van der Waals surface area contributed by atoms with E-state index in [0.29, 0.717) is 5.92 Å². The van der Waals surface area contributed by atoms with Gasteiger partial charge in [0.25, 0.3) is 0 Å². The highest BCUT2D eigenvalue weighted by atomic mass is 32.1. The van der Waals surface area contributed by atoms with Crippen molar-refractivity contribution in [3.63, 3.8) is 0 Å². The summed E-state index contributed by atoms with van der Waals surface area (Å²) in [5, 5.41) is 12.2. The van der Waals surface area contributed by atoms with E-state index in [-0.39, 0.29) is 6.10 Å². The SMILES string of the molecule is CCCCC(CC)CC(O)c1sccc1OC. The minimum Gasteiger partial charge on any atom is -0.495 e. The Kier molecular flexibility index (Phi) is 6.60. The van der Waals surface area contributed by atoms with Gasteiger partial charge in [-0.15, -0.1) is 11.3 Å². The average molecular weight is 256 g/mol. The van der Waals surface area contributed by atoms with Gasteiger partial charge < -0.3 is 9.84 Å². The number of hydrogen-bond acceptors (Lipinski definition) is 3. The zero-order chi connectivity index (χ0) is 12.7. The third-order valence-corrected chi connectivity index (χ3v) is 4.28. The van der Waals surface area contributed by atoms with Gasteiger partial charge in [-0.1, -0.05) is 39.5 Å². The second-order valence-corrected chi connectivity index (χ2v) is 5.47. The molecule has 0 fully saturated rings. The first-order valence-corrected chi connectivity index (χ1v) is 7.40. The van der Waals surface area contributed by atoms with E-state index in [1.807, 2.05) is 11.4 Å². The lowest BCUT2D eigenvalue weighted by Gasteiger charge is -2.18. The minimum atomic E-state index is -0.369. The molecule has 0 saturated carbocycles. The maximum absolute atomic E-state index is 10.3. The van der Waals surface area contributed by atoms with Crippen molar-refractivity contribution < 1.29 is 9.84 Å². The van der Waals surface area contributed by atoms with Crippen LogP contribution in [0.5, 0.6) is 5.75 Å². The minimum absolute atomic E-state index is 0.369. The molecule has 2 unspecified atom stereocenters. The van der Waals surface area contributed by atoms with E-state index in [1.54, 1.807) is 18.4 Å². The van der Waals surface area contributed by atoms with Crippen LogP contribution in [0.15, 0.2) is 11.4 Å². The summed E-state index contributed by atoms with van der Waals surface area (Å²) in [4.78, 5) is 0.974. The van der Waals surface area contributed by atoms with Crippen molar-refractivity contribution in [1.82, 2.24) is 0 Å². The highest BCUT2D eigenvalue weighted by molar-refractivity contribution is 7.10. The molecule has 1 aromatic rings. The Hall–Kier alpha value is -0.540. The largest absolute Gasteiger partial charge is 0.495 e. The Labute approximate surface area is 109 Å². The van der Waals surface area contributed by atoms with Gasteiger partial charge in [-0.3, -0.25) is 0 Å². The van der Waals surface area contributed by atoms with E-state index >= 15 is 0 Å². The van der Waals surface area contributed by atoms with Crippen molar-refractivity contribution in [2.75, 3.05) is 7.11 Å². The molecule has 2 atom stereocenters. The van der Waals surface area contributed by atoms with E-state index in [4.69, 9.17) is 4.74 Å². The number of unbranched alkanes of at least 4 members (excludes halogenated alkanes) is 1. The van der Waals surface area contributed by atoms with Crippen LogP contribution in [0.4, 0.5) is 0 Å². The summed E-state index contributed by atoms with van der Waals surface area (Å²) in [6.07, 6.45) is 5.34. The topological polar surface area (TPSA) is 29.5 Å². The van der Waals surface area contributed by atoms with Gasteiger partial charge in [0.05, 0.1) is 18.1 Å². The molecule has 0 aliphatic rings. The third kappa shape index (κ3) is 4.32. The maximum atomic E-state index is 10.3. The van der Waals surface area contributed by atoms with Crippen molar-refractivity contribution >= 4 is 11.3 Å². The van der Waals surface area contributed by atoms with Gasteiger partial charge in [-0.05, 0) is 23.8 Å². The molecule has 0 aliphatic heterocycles. The van der Waals surface area contributed by atoms with Crippen molar-refractivity contribution in [3.05, 3.63) is 16.3 Å². The van der Waals surface area contributed by atoms with Crippen LogP contribution in [-0.4, -0.2) is 12.2 Å². The molecule has 0 aromatic carbocycles. The second-order valence-electron chi connectivity index (χ2n) is 4.52. The lowest BCUT2D eigenvalue weighted by atomic mass is 9.92. The van der Waals surface area contributed by atoms with E-state index < -0.39 is 0 Å². The molecule has 98 valence electrons. The Morgan fingerprint density at radius 3 is 2.76 bits per heavy atom. The van der Waals surface area contributed by atoms with Crippen molar-refractivity contribution in [2.24, 2.45) is 5.92 Å². The molecule has 0 amide bonds. The molecule has 0 saturated heterocycles. The summed E-state index contributed by atoms with van der Waals surface area (Å²) in [5.41, 5.74) is 0. The molecule has 17 heavy (non-hydrogen) atoms. The number of methoxy groups -OCH3 is 1. The predicted molar refractivity (Wildman–Crippen MR) is 73.8 cm³/mol. The summed E-state index contributed by atoms with van der Waals surface area (Å²) in [7, 11) is 1.66. The molecule has 3 heteroatoms. The van der Waals surface area contributed by atoms with Gasteiger partial charge in [-0.25, -0.2) is 0 Å². The van der Waals surface area contributed by atoms with Crippen LogP contribution in [-0.2, 0) is 0 Å². The van der Waals surface area contributed by atoms with Crippen molar-refractivity contribution in [2.45, 2.75) is 52.1 Å². The van der Waals surface area contributed by atoms with E-state index in [0.717, 1.165) is 23.5 Å². The van der Waals surface area contributed by atoms with E-state index in [9.17, 15) is 5.11 Å². The van der Waals surface area contributed by atoms with Crippen molar-refractivity contribution in [3.8, 4) is 5.75 Å². The summed E-state index contributed by atoms with van der Waals surface area (Å²) < 4.78 is 5.25. The van der Waals surface area contributed by atoms with Gasteiger partial charge in [-0.2, -0.15) is 0 Å². The summed E-state index contributed by atoms with van der Waals surface area (Å²) in [6, 6.07) is 1.93. The Morgan fingerprint density at radius 2 is 2.18 bits per heavy atom. The van der Waals surface area contributed by atoms with Gasteiger partial charge >= 0.3 is 0 Å². The number of thiophene rings is 1. The quantitative estimate of drug-likeness (QED) is 0.747. The van der Waals surface area contributed by atoms with Crippen LogP contribution in [0.1, 0.15) is 56.9 Å². The van der Waals surface area contributed by atoms with Crippen LogP contribution in [0.2, 0.25) is 0 Å². The van der Waals surface area contributed by atoms with E-state index in [2.05, 4.69) is 13.8 Å². The molecule has 1 rings (SSSR count). The highest BCUT2D eigenvalue weighted by Crippen LogP contribution is 2.35.